The molecule has 8 heteroatoms. The molecule has 1 aliphatic rings. The van der Waals surface area contributed by atoms with E-state index in [1.165, 1.54) is 4.90 Å². The fourth-order valence-corrected chi connectivity index (χ4v) is 2.96. The summed E-state index contributed by atoms with van der Waals surface area (Å²) in [6.07, 6.45) is 0. The number of imide groups is 1. The Kier molecular flexibility index (Phi) is 8.20. The van der Waals surface area contributed by atoms with Crippen molar-refractivity contribution >= 4 is 17.5 Å². The Morgan fingerprint density at radius 1 is 0.667 bits per heavy atom. The van der Waals surface area contributed by atoms with E-state index in [-0.39, 0.29) is 25.0 Å². The minimum absolute atomic E-state index is 0.224. The standard InChI is InChI=1S/C22H26N2O6/c23-19-7-3-4-8-20(19)30-16-15-29-14-13-28-12-11-27-10-9-24-21(25)17-5-1-2-6-18(17)22(24)26/h1-8H,9-16,23H2. The van der Waals surface area contributed by atoms with Gasteiger partial charge in [-0.2, -0.15) is 0 Å². The molecule has 2 N–H and O–H groups in total. The van der Waals surface area contributed by atoms with Crippen molar-refractivity contribution in [3.05, 3.63) is 59.7 Å². The van der Waals surface area contributed by atoms with E-state index in [0.717, 1.165) is 0 Å². The minimum Gasteiger partial charge on any atom is -0.489 e. The molecule has 3 rings (SSSR count). The van der Waals surface area contributed by atoms with Gasteiger partial charge in [-0.1, -0.05) is 24.3 Å². The maximum absolute atomic E-state index is 12.2. The Morgan fingerprint density at radius 3 is 1.77 bits per heavy atom. The molecule has 0 aliphatic carbocycles. The van der Waals surface area contributed by atoms with Crippen molar-refractivity contribution in [3.63, 3.8) is 0 Å². The number of hydrogen-bond acceptors (Lipinski definition) is 7. The van der Waals surface area contributed by atoms with E-state index in [2.05, 4.69) is 0 Å². The largest absolute Gasteiger partial charge is 0.489 e. The van der Waals surface area contributed by atoms with Crippen molar-refractivity contribution in [2.24, 2.45) is 0 Å². The number of anilines is 1. The number of nitrogens with zero attached hydrogens (tertiary/aromatic N) is 1. The van der Waals surface area contributed by atoms with E-state index in [9.17, 15) is 9.59 Å². The fourth-order valence-electron chi connectivity index (χ4n) is 2.96. The number of carbonyl (C=O) groups is 2. The van der Waals surface area contributed by atoms with Crippen molar-refractivity contribution in [3.8, 4) is 5.75 Å². The summed E-state index contributed by atoms with van der Waals surface area (Å²) in [5, 5.41) is 0. The zero-order valence-electron chi connectivity index (χ0n) is 16.7. The molecular weight excluding hydrogens is 388 g/mol. The van der Waals surface area contributed by atoms with E-state index in [1.54, 1.807) is 30.3 Å². The molecular formula is C22H26N2O6. The van der Waals surface area contributed by atoms with Gasteiger partial charge in [0.25, 0.3) is 11.8 Å². The van der Waals surface area contributed by atoms with Gasteiger partial charge in [0, 0.05) is 0 Å². The van der Waals surface area contributed by atoms with E-state index in [0.29, 0.717) is 62.2 Å². The Bertz CT molecular complexity index is 822. The van der Waals surface area contributed by atoms with Crippen LogP contribution in [0.25, 0.3) is 0 Å². The second-order valence-corrected chi connectivity index (χ2v) is 6.53. The summed E-state index contributed by atoms with van der Waals surface area (Å²) in [6, 6.07) is 14.1. The first-order chi connectivity index (χ1) is 14.7. The number of fused-ring (bicyclic) bond motifs is 1. The summed E-state index contributed by atoms with van der Waals surface area (Å²) >= 11 is 0. The number of benzene rings is 2. The summed E-state index contributed by atoms with van der Waals surface area (Å²) in [7, 11) is 0. The van der Waals surface area contributed by atoms with Gasteiger partial charge < -0.3 is 24.7 Å². The van der Waals surface area contributed by atoms with Crippen molar-refractivity contribution in [1.29, 1.82) is 0 Å². The number of amides is 2. The third kappa shape index (κ3) is 5.79. The third-order valence-electron chi connectivity index (χ3n) is 4.49. The van der Waals surface area contributed by atoms with Crippen LogP contribution in [0.1, 0.15) is 20.7 Å². The SMILES string of the molecule is Nc1ccccc1OCCOCCOCCOCCN1C(=O)c2ccccc2C1=O. The number of rotatable bonds is 13. The molecule has 30 heavy (non-hydrogen) atoms. The van der Waals surface area contributed by atoms with Gasteiger partial charge in [0.1, 0.15) is 12.4 Å². The molecule has 0 unspecified atom stereocenters. The zero-order chi connectivity index (χ0) is 21.2. The number of nitrogen functional groups attached to an aromatic ring is 1. The lowest BCUT2D eigenvalue weighted by Gasteiger charge is -2.13. The van der Waals surface area contributed by atoms with Gasteiger partial charge in [0.15, 0.2) is 0 Å². The summed E-state index contributed by atoms with van der Waals surface area (Å²) < 4.78 is 21.8. The highest BCUT2D eigenvalue weighted by Gasteiger charge is 2.34. The summed E-state index contributed by atoms with van der Waals surface area (Å²) in [4.78, 5) is 25.6. The maximum Gasteiger partial charge on any atom is 0.261 e. The lowest BCUT2D eigenvalue weighted by molar-refractivity contribution is 0.00676. The highest BCUT2D eigenvalue weighted by atomic mass is 16.6. The normalized spacial score (nSPS) is 13.0. The van der Waals surface area contributed by atoms with Crippen LogP contribution in [0, 0.1) is 0 Å². The number of para-hydroxylation sites is 2. The molecule has 2 aromatic carbocycles. The number of ether oxygens (including phenoxy) is 4. The second kappa shape index (κ2) is 11.3. The highest BCUT2D eigenvalue weighted by Crippen LogP contribution is 2.22. The van der Waals surface area contributed by atoms with Crippen molar-refractivity contribution in [2.45, 2.75) is 0 Å². The third-order valence-corrected chi connectivity index (χ3v) is 4.49. The van der Waals surface area contributed by atoms with Crippen LogP contribution in [-0.4, -0.2) is 69.5 Å². The first-order valence-corrected chi connectivity index (χ1v) is 9.84. The molecule has 0 saturated heterocycles. The lowest BCUT2D eigenvalue weighted by Crippen LogP contribution is -2.33. The van der Waals surface area contributed by atoms with Crippen LogP contribution in [0.4, 0.5) is 5.69 Å². The van der Waals surface area contributed by atoms with Crippen LogP contribution < -0.4 is 10.5 Å². The van der Waals surface area contributed by atoms with Gasteiger partial charge in [0.2, 0.25) is 0 Å². The molecule has 0 spiro atoms. The maximum atomic E-state index is 12.2. The molecule has 0 aromatic heterocycles. The van der Waals surface area contributed by atoms with E-state index in [1.807, 2.05) is 18.2 Å². The number of hydrogen-bond donors (Lipinski definition) is 1. The lowest BCUT2D eigenvalue weighted by atomic mass is 10.1. The predicted octanol–water partition coefficient (Wildman–Crippen LogP) is 1.99. The van der Waals surface area contributed by atoms with Gasteiger partial charge >= 0.3 is 0 Å². The molecule has 1 heterocycles. The molecule has 0 atom stereocenters. The Labute approximate surface area is 175 Å². The van der Waals surface area contributed by atoms with Crippen LogP contribution in [0.3, 0.4) is 0 Å². The van der Waals surface area contributed by atoms with E-state index < -0.39 is 0 Å². The summed E-state index contributed by atoms with van der Waals surface area (Å²) in [5.74, 6) is 0.105. The molecule has 1 aliphatic heterocycles. The van der Waals surface area contributed by atoms with Crippen LogP contribution in [-0.2, 0) is 14.2 Å². The quantitative estimate of drug-likeness (QED) is 0.304. The van der Waals surface area contributed by atoms with Gasteiger partial charge in [-0.25, -0.2) is 0 Å². The first kappa shape index (κ1) is 21.8. The van der Waals surface area contributed by atoms with Crippen molar-refractivity contribution in [1.82, 2.24) is 4.90 Å². The Balaban J connectivity index is 1.16. The van der Waals surface area contributed by atoms with Gasteiger partial charge in [-0.3, -0.25) is 14.5 Å². The van der Waals surface area contributed by atoms with Gasteiger partial charge in [-0.15, -0.1) is 0 Å². The highest BCUT2D eigenvalue weighted by molar-refractivity contribution is 6.21. The first-order valence-electron chi connectivity index (χ1n) is 9.84. The average Bonchev–Trinajstić information content (AvgIpc) is 3.00. The Morgan fingerprint density at radius 2 is 1.17 bits per heavy atom. The molecule has 2 aromatic rings. The molecule has 0 fully saturated rings. The molecule has 0 saturated carbocycles. The summed E-state index contributed by atoms with van der Waals surface area (Å²) in [6.45, 7) is 3.01. The van der Waals surface area contributed by atoms with Gasteiger partial charge in [0.05, 0.1) is 63.0 Å². The van der Waals surface area contributed by atoms with Crippen LogP contribution in [0.2, 0.25) is 0 Å². The molecule has 160 valence electrons. The van der Waals surface area contributed by atoms with Crippen LogP contribution in [0.15, 0.2) is 48.5 Å². The monoisotopic (exact) mass is 414 g/mol. The predicted molar refractivity (Wildman–Crippen MR) is 111 cm³/mol. The molecule has 0 radical (unpaired) electrons. The van der Waals surface area contributed by atoms with Gasteiger partial charge in [-0.05, 0) is 24.3 Å². The van der Waals surface area contributed by atoms with Crippen molar-refractivity contribution < 1.29 is 28.5 Å². The number of carbonyl (C=O) groups excluding carboxylic acids is 2. The fraction of sp³-hybridized carbons (Fsp3) is 0.364. The van der Waals surface area contributed by atoms with Crippen LogP contribution in [0.5, 0.6) is 5.75 Å². The van der Waals surface area contributed by atoms with E-state index in [4.69, 9.17) is 24.7 Å². The zero-order valence-corrected chi connectivity index (χ0v) is 16.7. The number of nitrogens with two attached hydrogens (primary N) is 1. The average molecular weight is 414 g/mol. The minimum atomic E-state index is -0.272. The smallest absolute Gasteiger partial charge is 0.261 e. The molecule has 2 amide bonds. The summed E-state index contributed by atoms with van der Waals surface area (Å²) in [5.41, 5.74) is 7.28. The second-order valence-electron chi connectivity index (χ2n) is 6.53. The van der Waals surface area contributed by atoms with Crippen LogP contribution >= 0.6 is 0 Å². The molecule has 8 nitrogen and oxygen atoms in total. The van der Waals surface area contributed by atoms with E-state index >= 15 is 0 Å². The topological polar surface area (TPSA) is 100 Å². The molecule has 0 bridgehead atoms. The Hall–Kier alpha value is -2.94. The van der Waals surface area contributed by atoms with Crippen molar-refractivity contribution in [2.75, 3.05) is 58.5 Å².